The van der Waals surface area contributed by atoms with Crippen molar-refractivity contribution in [3.8, 4) is 0 Å². The summed E-state index contributed by atoms with van der Waals surface area (Å²) in [5.41, 5.74) is 0.734. The van der Waals surface area contributed by atoms with Crippen LogP contribution >= 0.6 is 57.7 Å². The number of hydrogen-bond acceptors (Lipinski definition) is 5. The van der Waals surface area contributed by atoms with Crippen LogP contribution in [0.2, 0.25) is 20.2 Å². The molecule has 4 rings (SSSR count). The Morgan fingerprint density at radius 3 is 2.64 bits per heavy atom. The number of ether oxygens (including phenoxy) is 1. The van der Waals surface area contributed by atoms with Gasteiger partial charge < -0.3 is 4.74 Å². The second-order valence-electron chi connectivity index (χ2n) is 6.21. The summed E-state index contributed by atoms with van der Waals surface area (Å²) < 4.78 is 6.68. The van der Waals surface area contributed by atoms with E-state index < -0.39 is 5.91 Å². The normalized spacial score (nSPS) is 16.6. The molecule has 1 atom stereocenters. The molecule has 0 bridgehead atoms. The fourth-order valence-corrected chi connectivity index (χ4v) is 4.75. The van der Waals surface area contributed by atoms with Crippen molar-refractivity contribution in [1.82, 2.24) is 9.97 Å². The van der Waals surface area contributed by atoms with Gasteiger partial charge >= 0.3 is 0 Å². The van der Waals surface area contributed by atoms with E-state index in [1.807, 2.05) is 24.3 Å². The van der Waals surface area contributed by atoms with Gasteiger partial charge in [0.2, 0.25) is 0 Å². The predicted octanol–water partition coefficient (Wildman–Crippen LogP) is 6.13. The summed E-state index contributed by atoms with van der Waals surface area (Å²) in [6.45, 7) is 0.999. The topological polar surface area (TPSA) is 55.3 Å². The standard InChI is InChI=1S/C18H13Cl4N3O2S/c19-12-13(20)15(24-16(22)14(12)21)17(26)25(8-9-4-3-7-27-9)18-23-10-5-1-2-6-11(10)28-18/h1-2,5-6,9H,3-4,7-8H2. The van der Waals surface area contributed by atoms with Gasteiger partial charge in [-0.15, -0.1) is 0 Å². The first kappa shape index (κ1) is 20.1. The minimum Gasteiger partial charge on any atom is -0.376 e. The summed E-state index contributed by atoms with van der Waals surface area (Å²) in [7, 11) is 0. The van der Waals surface area contributed by atoms with Gasteiger partial charge in [0.25, 0.3) is 5.91 Å². The van der Waals surface area contributed by atoms with Crippen molar-refractivity contribution in [1.29, 1.82) is 0 Å². The number of amides is 1. The predicted molar refractivity (Wildman–Crippen MR) is 115 cm³/mol. The van der Waals surface area contributed by atoms with Crippen molar-refractivity contribution >= 4 is 79.0 Å². The number of anilines is 1. The largest absolute Gasteiger partial charge is 0.376 e. The maximum absolute atomic E-state index is 13.4. The van der Waals surface area contributed by atoms with E-state index in [9.17, 15) is 4.79 Å². The highest BCUT2D eigenvalue weighted by Crippen LogP contribution is 2.38. The first-order valence-electron chi connectivity index (χ1n) is 8.44. The summed E-state index contributed by atoms with van der Waals surface area (Å²) in [6, 6.07) is 7.67. The number of benzene rings is 1. The molecule has 0 radical (unpaired) electrons. The van der Waals surface area contributed by atoms with Crippen LogP contribution in [0.15, 0.2) is 24.3 Å². The van der Waals surface area contributed by atoms with Gasteiger partial charge in [0.15, 0.2) is 10.8 Å². The molecule has 1 saturated heterocycles. The molecule has 3 aromatic rings. The number of carbonyl (C=O) groups is 1. The van der Waals surface area contributed by atoms with Crippen LogP contribution in [0.5, 0.6) is 0 Å². The van der Waals surface area contributed by atoms with Crippen LogP contribution < -0.4 is 4.90 Å². The zero-order valence-corrected chi connectivity index (χ0v) is 18.1. The lowest BCUT2D eigenvalue weighted by atomic mass is 10.2. The van der Waals surface area contributed by atoms with Gasteiger partial charge in [0.05, 0.1) is 37.9 Å². The lowest BCUT2D eigenvalue weighted by molar-refractivity contribution is 0.0913. The molecular formula is C18H13Cl4N3O2S. The average Bonchev–Trinajstić information content (AvgIpc) is 3.35. The van der Waals surface area contributed by atoms with Crippen LogP contribution in [0.4, 0.5) is 5.13 Å². The SMILES string of the molecule is O=C(c1nc(Cl)c(Cl)c(Cl)c1Cl)N(CC1CCCO1)c1nc2ccccc2s1. The fourth-order valence-electron chi connectivity index (χ4n) is 2.97. The van der Waals surface area contributed by atoms with Gasteiger partial charge in [-0.05, 0) is 25.0 Å². The van der Waals surface area contributed by atoms with Crippen molar-refractivity contribution in [2.24, 2.45) is 0 Å². The Labute approximate surface area is 185 Å². The molecular weight excluding hydrogens is 464 g/mol. The second kappa shape index (κ2) is 8.30. The highest BCUT2D eigenvalue weighted by atomic mass is 35.5. The van der Waals surface area contributed by atoms with Crippen molar-refractivity contribution in [2.75, 3.05) is 18.1 Å². The zero-order chi connectivity index (χ0) is 19.8. The molecule has 10 heteroatoms. The monoisotopic (exact) mass is 475 g/mol. The smallest absolute Gasteiger partial charge is 0.280 e. The van der Waals surface area contributed by atoms with Gasteiger partial charge in [-0.2, -0.15) is 0 Å². The molecule has 0 aliphatic carbocycles. The third-order valence-corrected chi connectivity index (χ3v) is 7.09. The van der Waals surface area contributed by atoms with Gasteiger partial charge in [0, 0.05) is 6.61 Å². The number of carbonyl (C=O) groups excluding carboxylic acids is 1. The minimum atomic E-state index is -0.458. The van der Waals surface area contributed by atoms with E-state index in [-0.39, 0.29) is 32.0 Å². The minimum absolute atomic E-state index is 0.00644. The molecule has 1 amide bonds. The molecule has 1 aromatic carbocycles. The molecule has 146 valence electrons. The molecule has 28 heavy (non-hydrogen) atoms. The lowest BCUT2D eigenvalue weighted by Crippen LogP contribution is -2.38. The van der Waals surface area contributed by atoms with Crippen LogP contribution in [0.25, 0.3) is 10.2 Å². The molecule has 1 fully saturated rings. The van der Waals surface area contributed by atoms with E-state index in [4.69, 9.17) is 51.1 Å². The number of fused-ring (bicyclic) bond motifs is 1. The number of thiazole rings is 1. The van der Waals surface area contributed by atoms with Gasteiger partial charge in [-0.3, -0.25) is 9.69 Å². The number of pyridine rings is 1. The van der Waals surface area contributed by atoms with E-state index in [0.717, 1.165) is 23.1 Å². The van der Waals surface area contributed by atoms with Gasteiger partial charge in [-0.1, -0.05) is 69.9 Å². The average molecular weight is 477 g/mol. The molecule has 1 unspecified atom stereocenters. The third-order valence-electron chi connectivity index (χ3n) is 4.36. The number of hydrogen-bond donors (Lipinski definition) is 0. The van der Waals surface area contributed by atoms with E-state index in [2.05, 4.69) is 9.97 Å². The molecule has 0 N–H and O–H groups in total. The summed E-state index contributed by atoms with van der Waals surface area (Å²) in [5, 5.41) is 0.408. The Kier molecular flexibility index (Phi) is 5.97. The second-order valence-corrected chi connectivity index (χ2v) is 8.71. The van der Waals surface area contributed by atoms with Gasteiger partial charge in [-0.25, -0.2) is 9.97 Å². The Morgan fingerprint density at radius 1 is 1.14 bits per heavy atom. The summed E-state index contributed by atoms with van der Waals surface area (Å²) >= 11 is 25.8. The fraction of sp³-hybridized carbons (Fsp3) is 0.278. The molecule has 0 spiro atoms. The summed E-state index contributed by atoms with van der Waals surface area (Å²) in [4.78, 5) is 23.6. The van der Waals surface area contributed by atoms with Crippen LogP contribution in [-0.4, -0.2) is 35.1 Å². The first-order valence-corrected chi connectivity index (χ1v) is 10.8. The molecule has 2 aromatic heterocycles. The number of aromatic nitrogens is 2. The first-order chi connectivity index (χ1) is 13.5. The van der Waals surface area contributed by atoms with Crippen LogP contribution in [0.3, 0.4) is 0 Å². The number of halogens is 4. The number of nitrogens with zero attached hydrogens (tertiary/aromatic N) is 3. The van der Waals surface area contributed by atoms with E-state index in [0.29, 0.717) is 18.3 Å². The Hall–Kier alpha value is -1.15. The maximum Gasteiger partial charge on any atom is 0.280 e. The number of para-hydroxylation sites is 1. The third kappa shape index (κ3) is 3.82. The van der Waals surface area contributed by atoms with E-state index >= 15 is 0 Å². The molecule has 3 heterocycles. The lowest BCUT2D eigenvalue weighted by Gasteiger charge is -2.23. The summed E-state index contributed by atoms with van der Waals surface area (Å²) in [6.07, 6.45) is 1.72. The van der Waals surface area contributed by atoms with Gasteiger partial charge in [0.1, 0.15) is 5.15 Å². The molecule has 1 aliphatic heterocycles. The Balaban J connectivity index is 1.77. The highest BCUT2D eigenvalue weighted by Gasteiger charge is 2.30. The Bertz CT molecular complexity index is 1020. The summed E-state index contributed by atoms with van der Waals surface area (Å²) in [5.74, 6) is -0.458. The van der Waals surface area contributed by atoms with Crippen molar-refractivity contribution < 1.29 is 9.53 Å². The van der Waals surface area contributed by atoms with E-state index in [1.165, 1.54) is 16.2 Å². The molecule has 0 saturated carbocycles. The van der Waals surface area contributed by atoms with Crippen LogP contribution in [0, 0.1) is 0 Å². The van der Waals surface area contributed by atoms with Crippen molar-refractivity contribution in [2.45, 2.75) is 18.9 Å². The zero-order valence-electron chi connectivity index (χ0n) is 14.3. The van der Waals surface area contributed by atoms with E-state index in [1.54, 1.807) is 0 Å². The number of rotatable bonds is 4. The highest BCUT2D eigenvalue weighted by molar-refractivity contribution is 7.22. The Morgan fingerprint density at radius 2 is 1.93 bits per heavy atom. The van der Waals surface area contributed by atoms with Crippen molar-refractivity contribution in [3.63, 3.8) is 0 Å². The van der Waals surface area contributed by atoms with Crippen molar-refractivity contribution in [3.05, 3.63) is 50.2 Å². The molecule has 5 nitrogen and oxygen atoms in total. The quantitative estimate of drug-likeness (QED) is 0.425. The van der Waals surface area contributed by atoms with Crippen LogP contribution in [0.1, 0.15) is 23.3 Å². The van der Waals surface area contributed by atoms with Crippen LogP contribution in [-0.2, 0) is 4.74 Å². The maximum atomic E-state index is 13.4. The molecule has 1 aliphatic rings.